The van der Waals surface area contributed by atoms with Crippen LogP contribution < -0.4 is 5.32 Å². The van der Waals surface area contributed by atoms with Gasteiger partial charge in [0.15, 0.2) is 5.01 Å². The number of carbonyl (C=O) groups is 1. The zero-order valence-electron chi connectivity index (χ0n) is 11.4. The van der Waals surface area contributed by atoms with E-state index in [-0.39, 0.29) is 5.91 Å². The Morgan fingerprint density at radius 1 is 1.00 bits per heavy atom. The Labute approximate surface area is 151 Å². The third-order valence-electron chi connectivity index (χ3n) is 2.87. The minimum atomic E-state index is -0.365. The van der Waals surface area contributed by atoms with Gasteiger partial charge in [-0.15, -0.1) is 10.2 Å². The van der Waals surface area contributed by atoms with Gasteiger partial charge in [-0.2, -0.15) is 0 Å². The molecule has 0 saturated heterocycles. The third kappa shape index (κ3) is 3.82. The first-order valence-electron chi connectivity index (χ1n) is 6.39. The summed E-state index contributed by atoms with van der Waals surface area (Å²) < 4.78 is 0. The van der Waals surface area contributed by atoms with Gasteiger partial charge in [0.05, 0.1) is 5.02 Å². The van der Waals surface area contributed by atoms with Crippen LogP contribution in [0.4, 0.5) is 5.13 Å². The summed E-state index contributed by atoms with van der Waals surface area (Å²) >= 11 is 19.1. The summed E-state index contributed by atoms with van der Waals surface area (Å²) in [7, 11) is 0. The molecule has 1 N–H and O–H groups in total. The molecule has 1 aromatic heterocycles. The van der Waals surface area contributed by atoms with E-state index in [0.717, 1.165) is 5.56 Å². The molecule has 0 fully saturated rings. The molecule has 3 aromatic rings. The van der Waals surface area contributed by atoms with E-state index in [2.05, 4.69) is 15.5 Å². The summed E-state index contributed by atoms with van der Waals surface area (Å²) in [5.74, 6) is -0.365. The van der Waals surface area contributed by atoms with Crippen LogP contribution in [-0.4, -0.2) is 16.1 Å². The lowest BCUT2D eigenvalue weighted by Crippen LogP contribution is -2.11. The van der Waals surface area contributed by atoms with Crippen molar-refractivity contribution in [2.24, 2.45) is 0 Å². The molecule has 2 aromatic carbocycles. The fourth-order valence-corrected chi connectivity index (χ4v) is 3.46. The average Bonchev–Trinajstić information content (AvgIpc) is 2.95. The number of rotatable bonds is 3. The Morgan fingerprint density at radius 2 is 1.70 bits per heavy atom. The number of nitrogens with zero attached hydrogens (tertiary/aromatic N) is 2. The summed E-state index contributed by atoms with van der Waals surface area (Å²) in [4.78, 5) is 12.2. The molecule has 0 aliphatic heterocycles. The van der Waals surface area contributed by atoms with E-state index < -0.39 is 0 Å². The van der Waals surface area contributed by atoms with Crippen molar-refractivity contribution in [3.8, 4) is 10.6 Å². The lowest BCUT2D eigenvalue weighted by Gasteiger charge is -2.02. The minimum absolute atomic E-state index is 0.344. The normalized spacial score (nSPS) is 10.6. The van der Waals surface area contributed by atoms with Crippen molar-refractivity contribution in [1.29, 1.82) is 0 Å². The number of benzene rings is 2. The third-order valence-corrected chi connectivity index (χ3v) is 4.51. The smallest absolute Gasteiger partial charge is 0.257 e. The molecular formula is C15H8Cl3N3OS. The van der Waals surface area contributed by atoms with Crippen LogP contribution in [0.5, 0.6) is 0 Å². The molecule has 0 spiro atoms. The number of hydrogen-bond acceptors (Lipinski definition) is 4. The molecule has 0 unspecified atom stereocenters. The standard InChI is InChI=1S/C15H8Cl3N3OS/c16-9-5-8(6-10(17)7-9)13(22)19-15-21-20-14(23-15)11-3-1-2-4-12(11)18/h1-7H,(H,19,21,22). The first kappa shape index (κ1) is 16.2. The van der Waals surface area contributed by atoms with Crippen LogP contribution in [0.2, 0.25) is 15.1 Å². The van der Waals surface area contributed by atoms with Gasteiger partial charge in [-0.1, -0.05) is 64.3 Å². The van der Waals surface area contributed by atoms with Crippen molar-refractivity contribution in [1.82, 2.24) is 10.2 Å². The highest BCUT2D eigenvalue weighted by Gasteiger charge is 2.13. The van der Waals surface area contributed by atoms with Gasteiger partial charge in [0.25, 0.3) is 5.91 Å². The molecule has 116 valence electrons. The lowest BCUT2D eigenvalue weighted by atomic mass is 10.2. The second kappa shape index (κ2) is 6.84. The second-order valence-electron chi connectivity index (χ2n) is 4.50. The van der Waals surface area contributed by atoms with E-state index in [9.17, 15) is 4.79 Å². The molecule has 8 heteroatoms. The molecule has 0 bridgehead atoms. The molecule has 1 heterocycles. The first-order valence-corrected chi connectivity index (χ1v) is 8.34. The predicted molar refractivity (Wildman–Crippen MR) is 94.8 cm³/mol. The maximum atomic E-state index is 12.2. The van der Waals surface area contributed by atoms with Gasteiger partial charge in [0.1, 0.15) is 0 Å². The van der Waals surface area contributed by atoms with Crippen molar-refractivity contribution >= 4 is 57.2 Å². The number of carbonyl (C=O) groups excluding carboxylic acids is 1. The molecular weight excluding hydrogens is 377 g/mol. The van der Waals surface area contributed by atoms with Crippen molar-refractivity contribution < 1.29 is 4.79 Å². The summed E-state index contributed by atoms with van der Waals surface area (Å²) in [6, 6.07) is 11.9. The highest BCUT2D eigenvalue weighted by molar-refractivity contribution is 7.18. The van der Waals surface area contributed by atoms with Gasteiger partial charge in [0.2, 0.25) is 5.13 Å². The zero-order chi connectivity index (χ0) is 16.4. The maximum absolute atomic E-state index is 12.2. The van der Waals surface area contributed by atoms with Crippen LogP contribution in [0, 0.1) is 0 Å². The Bertz CT molecular complexity index is 862. The van der Waals surface area contributed by atoms with E-state index >= 15 is 0 Å². The van der Waals surface area contributed by atoms with E-state index in [1.807, 2.05) is 18.2 Å². The molecule has 0 radical (unpaired) electrons. The van der Waals surface area contributed by atoms with Gasteiger partial charge in [-0.25, -0.2) is 0 Å². The van der Waals surface area contributed by atoms with Gasteiger partial charge in [-0.3, -0.25) is 10.1 Å². The van der Waals surface area contributed by atoms with Gasteiger partial charge < -0.3 is 0 Å². The molecule has 23 heavy (non-hydrogen) atoms. The Morgan fingerprint density at radius 3 is 2.39 bits per heavy atom. The molecule has 0 saturated carbocycles. The fraction of sp³-hybridized carbons (Fsp3) is 0. The Balaban J connectivity index is 1.82. The first-order chi connectivity index (χ1) is 11.0. The number of nitrogens with one attached hydrogen (secondary N) is 1. The molecule has 4 nitrogen and oxygen atoms in total. The summed E-state index contributed by atoms with van der Waals surface area (Å²) in [5.41, 5.74) is 1.11. The van der Waals surface area contributed by atoms with Crippen LogP contribution in [0.15, 0.2) is 42.5 Å². The second-order valence-corrected chi connectivity index (χ2v) is 6.76. The van der Waals surface area contributed by atoms with Gasteiger partial charge >= 0.3 is 0 Å². The molecule has 1 amide bonds. The van der Waals surface area contributed by atoms with Crippen molar-refractivity contribution in [2.75, 3.05) is 5.32 Å². The molecule has 0 atom stereocenters. The maximum Gasteiger partial charge on any atom is 0.257 e. The highest BCUT2D eigenvalue weighted by Crippen LogP contribution is 2.31. The largest absolute Gasteiger partial charge is 0.296 e. The van der Waals surface area contributed by atoms with Gasteiger partial charge in [0, 0.05) is 21.2 Å². The zero-order valence-corrected chi connectivity index (χ0v) is 14.5. The minimum Gasteiger partial charge on any atom is -0.296 e. The molecule has 0 aliphatic rings. The number of hydrogen-bond donors (Lipinski definition) is 1. The quantitative estimate of drug-likeness (QED) is 0.656. The number of amides is 1. The van der Waals surface area contributed by atoms with Crippen molar-refractivity contribution in [2.45, 2.75) is 0 Å². The lowest BCUT2D eigenvalue weighted by molar-refractivity contribution is 0.102. The monoisotopic (exact) mass is 383 g/mol. The summed E-state index contributed by atoms with van der Waals surface area (Å²) in [5, 5.41) is 13.0. The topological polar surface area (TPSA) is 54.9 Å². The predicted octanol–water partition coefficient (Wildman–Crippen LogP) is 5.42. The Hall–Kier alpha value is -1.66. The average molecular weight is 385 g/mol. The summed E-state index contributed by atoms with van der Waals surface area (Å²) in [6.07, 6.45) is 0. The molecule has 0 aliphatic carbocycles. The SMILES string of the molecule is O=C(Nc1nnc(-c2ccccc2Cl)s1)c1cc(Cl)cc(Cl)c1. The fourth-order valence-electron chi connectivity index (χ4n) is 1.87. The van der Waals surface area contributed by atoms with Crippen LogP contribution in [0.25, 0.3) is 10.6 Å². The summed E-state index contributed by atoms with van der Waals surface area (Å²) in [6.45, 7) is 0. The number of halogens is 3. The van der Waals surface area contributed by atoms with E-state index in [1.165, 1.54) is 23.5 Å². The van der Waals surface area contributed by atoms with E-state index in [1.54, 1.807) is 12.1 Å². The van der Waals surface area contributed by atoms with Crippen LogP contribution >= 0.6 is 46.1 Å². The number of anilines is 1. The van der Waals surface area contributed by atoms with Crippen LogP contribution in [-0.2, 0) is 0 Å². The Kier molecular flexibility index (Phi) is 4.82. The number of aromatic nitrogens is 2. The van der Waals surface area contributed by atoms with E-state index in [4.69, 9.17) is 34.8 Å². The van der Waals surface area contributed by atoms with Crippen LogP contribution in [0.3, 0.4) is 0 Å². The van der Waals surface area contributed by atoms with Gasteiger partial charge in [-0.05, 0) is 24.3 Å². The van der Waals surface area contributed by atoms with Crippen molar-refractivity contribution in [3.05, 3.63) is 63.1 Å². The highest BCUT2D eigenvalue weighted by atomic mass is 35.5. The van der Waals surface area contributed by atoms with Crippen LogP contribution in [0.1, 0.15) is 10.4 Å². The molecule has 3 rings (SSSR count). The van der Waals surface area contributed by atoms with Crippen molar-refractivity contribution in [3.63, 3.8) is 0 Å². The van der Waals surface area contributed by atoms with E-state index in [0.29, 0.717) is 30.8 Å².